The van der Waals surface area contributed by atoms with Crippen molar-refractivity contribution in [1.29, 1.82) is 0 Å². The van der Waals surface area contributed by atoms with E-state index in [-0.39, 0.29) is 6.54 Å². The van der Waals surface area contributed by atoms with Crippen LogP contribution < -0.4 is 22.0 Å². The van der Waals surface area contributed by atoms with Gasteiger partial charge in [0, 0.05) is 13.1 Å². The molecule has 4 aromatic rings. The minimum atomic E-state index is -0.460. The van der Waals surface area contributed by atoms with Crippen molar-refractivity contribution in [3.63, 3.8) is 0 Å². The molecule has 0 aliphatic rings. The van der Waals surface area contributed by atoms with Crippen molar-refractivity contribution in [2.45, 2.75) is 32.7 Å². The molecular formula is C25H27Cl2N7O2. The lowest BCUT2D eigenvalue weighted by Gasteiger charge is -2.15. The van der Waals surface area contributed by atoms with Gasteiger partial charge in [0.2, 0.25) is 0 Å². The Labute approximate surface area is 218 Å². The number of nitrogens with one attached hydrogen (secondary N) is 3. The molecule has 0 radical (unpaired) electrons. The van der Waals surface area contributed by atoms with Gasteiger partial charge >= 0.3 is 11.4 Å². The molecule has 2 aromatic heterocycles. The van der Waals surface area contributed by atoms with Crippen molar-refractivity contribution in [3.05, 3.63) is 103 Å². The van der Waals surface area contributed by atoms with E-state index in [1.54, 1.807) is 16.8 Å². The first-order valence-corrected chi connectivity index (χ1v) is 12.2. The fourth-order valence-electron chi connectivity index (χ4n) is 3.77. The lowest BCUT2D eigenvalue weighted by atomic mass is 10.2. The molecule has 0 saturated heterocycles. The van der Waals surface area contributed by atoms with Crippen molar-refractivity contribution in [1.82, 2.24) is 24.1 Å². The fourth-order valence-corrected chi connectivity index (χ4v) is 4.12. The highest BCUT2D eigenvalue weighted by Gasteiger charge is 2.13. The number of nitrogens with zero attached hydrogens (tertiary/aromatic N) is 4. The Kier molecular flexibility index (Phi) is 7.71. The van der Waals surface area contributed by atoms with Crippen LogP contribution in [0.25, 0.3) is 5.69 Å². The molecule has 0 aliphatic heterocycles. The second-order valence-corrected chi connectivity index (χ2v) is 9.17. The first kappa shape index (κ1) is 25.4. The van der Waals surface area contributed by atoms with Crippen LogP contribution in [0.15, 0.2) is 70.5 Å². The van der Waals surface area contributed by atoms with Gasteiger partial charge in [-0.3, -0.25) is 0 Å². The number of anilines is 2. The molecular weight excluding hydrogens is 501 g/mol. The molecule has 0 bridgehead atoms. The summed E-state index contributed by atoms with van der Waals surface area (Å²) in [6.45, 7) is 6.34. The van der Waals surface area contributed by atoms with Crippen LogP contribution in [0.1, 0.15) is 31.0 Å². The summed E-state index contributed by atoms with van der Waals surface area (Å²) in [7, 11) is 1.51. The maximum absolute atomic E-state index is 12.3. The second kappa shape index (κ2) is 10.9. The highest BCUT2D eigenvalue weighted by Crippen LogP contribution is 2.30. The first-order chi connectivity index (χ1) is 17.3. The monoisotopic (exact) mass is 527 g/mol. The Morgan fingerprint density at radius 3 is 2.61 bits per heavy atom. The minimum absolute atomic E-state index is 0.136. The van der Waals surface area contributed by atoms with Gasteiger partial charge in [-0.05, 0) is 42.7 Å². The molecule has 0 atom stereocenters. The third kappa shape index (κ3) is 5.58. The quantitative estimate of drug-likeness (QED) is 0.276. The smallest absolute Gasteiger partial charge is 0.341 e. The van der Waals surface area contributed by atoms with E-state index in [1.807, 2.05) is 36.4 Å². The molecule has 188 valence electrons. The van der Waals surface area contributed by atoms with Crippen LogP contribution in [0.2, 0.25) is 10.0 Å². The lowest BCUT2D eigenvalue weighted by Crippen LogP contribution is -2.28. The molecule has 0 fully saturated rings. The average Bonchev–Trinajstić information content (AvgIpc) is 3.36. The van der Waals surface area contributed by atoms with Crippen molar-refractivity contribution >= 4 is 34.7 Å². The van der Waals surface area contributed by atoms with Crippen LogP contribution in [0, 0.1) is 0 Å². The number of aryl methyl sites for hydroxylation is 2. The fraction of sp³-hybridized carbons (Fsp3) is 0.240. The molecule has 11 heteroatoms. The molecule has 0 amide bonds. The Balaban J connectivity index is 1.63. The van der Waals surface area contributed by atoms with E-state index in [0.717, 1.165) is 45.5 Å². The van der Waals surface area contributed by atoms with E-state index in [2.05, 4.69) is 29.2 Å². The normalized spacial score (nSPS) is 11.0. The zero-order valence-corrected chi connectivity index (χ0v) is 21.5. The van der Waals surface area contributed by atoms with Crippen LogP contribution in [0.5, 0.6) is 0 Å². The molecule has 2 heterocycles. The van der Waals surface area contributed by atoms with E-state index >= 15 is 0 Å². The number of rotatable bonds is 10. The topological polar surface area (TPSA) is 102 Å². The predicted octanol–water partition coefficient (Wildman–Crippen LogP) is 4.75. The zero-order valence-electron chi connectivity index (χ0n) is 20.0. The van der Waals surface area contributed by atoms with Crippen LogP contribution in [-0.2, 0) is 20.0 Å². The van der Waals surface area contributed by atoms with E-state index in [1.165, 1.54) is 7.05 Å². The predicted molar refractivity (Wildman–Crippen MR) is 144 cm³/mol. The Morgan fingerprint density at radius 1 is 1.11 bits per heavy atom. The van der Waals surface area contributed by atoms with Crippen LogP contribution in [0.4, 0.5) is 11.5 Å². The number of halogens is 2. The minimum Gasteiger partial charge on any atom is -0.341 e. The van der Waals surface area contributed by atoms with Gasteiger partial charge in [0.15, 0.2) is 0 Å². The zero-order chi connectivity index (χ0) is 25.8. The van der Waals surface area contributed by atoms with E-state index in [4.69, 9.17) is 28.3 Å². The summed E-state index contributed by atoms with van der Waals surface area (Å²) in [5.41, 5.74) is 2.24. The third-order valence-electron chi connectivity index (χ3n) is 5.58. The van der Waals surface area contributed by atoms with Crippen molar-refractivity contribution < 1.29 is 0 Å². The Hall–Kier alpha value is -3.69. The third-order valence-corrected chi connectivity index (χ3v) is 6.40. The number of unbranched alkanes of at least 4 members (excludes halogenated alkanes) is 1. The van der Waals surface area contributed by atoms with Crippen LogP contribution >= 0.6 is 23.2 Å². The Bertz CT molecular complexity index is 1510. The van der Waals surface area contributed by atoms with Crippen molar-refractivity contribution in [2.75, 3.05) is 10.6 Å². The van der Waals surface area contributed by atoms with Gasteiger partial charge in [0.1, 0.15) is 11.6 Å². The van der Waals surface area contributed by atoms with Gasteiger partial charge in [-0.2, -0.15) is 5.10 Å². The highest BCUT2D eigenvalue weighted by molar-refractivity contribution is 6.43. The summed E-state index contributed by atoms with van der Waals surface area (Å²) in [6.07, 6.45) is 2.88. The van der Waals surface area contributed by atoms with Gasteiger partial charge in [-0.15, -0.1) is 0 Å². The van der Waals surface area contributed by atoms with Gasteiger partial charge in [0.05, 0.1) is 33.7 Å². The second-order valence-electron chi connectivity index (χ2n) is 8.38. The maximum atomic E-state index is 12.3. The molecule has 4 rings (SSSR count). The molecule has 0 aliphatic carbocycles. The van der Waals surface area contributed by atoms with Gasteiger partial charge in [-0.1, -0.05) is 61.3 Å². The molecule has 9 nitrogen and oxygen atoms in total. The standard InChI is InChI=1S/C25H27Cl2N7O2/c1-4-5-9-18-14-22(29-16(2)28-21-12-7-11-20(26)23(21)27)34(30-18)19-10-6-8-17(13-19)15-33-24(35)31-32(3)25(33)36/h6-8,10-14,28-29H,2,4-5,9,15H2,1,3H3,(H,31,35). The van der Waals surface area contributed by atoms with E-state index < -0.39 is 11.4 Å². The summed E-state index contributed by atoms with van der Waals surface area (Å²) < 4.78 is 4.08. The number of aromatic amines is 1. The van der Waals surface area contributed by atoms with Crippen LogP contribution in [-0.4, -0.2) is 24.1 Å². The number of aromatic nitrogens is 5. The Morgan fingerprint density at radius 2 is 1.89 bits per heavy atom. The number of H-pyrrole nitrogens is 1. The molecule has 0 unspecified atom stereocenters. The molecule has 36 heavy (non-hydrogen) atoms. The van der Waals surface area contributed by atoms with Gasteiger partial charge < -0.3 is 10.6 Å². The van der Waals surface area contributed by atoms with E-state index in [0.29, 0.717) is 27.4 Å². The van der Waals surface area contributed by atoms with Crippen molar-refractivity contribution in [3.8, 4) is 5.69 Å². The molecule has 0 saturated carbocycles. The number of benzene rings is 2. The van der Waals surface area contributed by atoms with Gasteiger partial charge in [-0.25, -0.2) is 28.6 Å². The highest BCUT2D eigenvalue weighted by atomic mass is 35.5. The maximum Gasteiger partial charge on any atom is 0.346 e. The lowest BCUT2D eigenvalue weighted by molar-refractivity contribution is 0.689. The summed E-state index contributed by atoms with van der Waals surface area (Å²) in [6, 6.07) is 14.8. The summed E-state index contributed by atoms with van der Waals surface area (Å²) in [4.78, 5) is 24.4. The van der Waals surface area contributed by atoms with E-state index in [9.17, 15) is 9.59 Å². The summed E-state index contributed by atoms with van der Waals surface area (Å²) in [5, 5.41) is 14.5. The average molecular weight is 528 g/mol. The van der Waals surface area contributed by atoms with Crippen molar-refractivity contribution in [2.24, 2.45) is 7.05 Å². The summed E-state index contributed by atoms with van der Waals surface area (Å²) in [5.74, 6) is 1.18. The van der Waals surface area contributed by atoms with Crippen LogP contribution in [0.3, 0.4) is 0 Å². The largest absolute Gasteiger partial charge is 0.346 e. The summed E-state index contributed by atoms with van der Waals surface area (Å²) >= 11 is 12.4. The molecule has 2 aromatic carbocycles. The first-order valence-electron chi connectivity index (χ1n) is 11.5. The van der Waals surface area contributed by atoms with Gasteiger partial charge in [0.25, 0.3) is 0 Å². The SMILES string of the molecule is C=C(Nc1cccc(Cl)c1Cl)Nc1cc(CCCC)nn1-c1cccc(Cn2c(=O)[nH]n(C)c2=O)c1. The molecule has 0 spiro atoms. The molecule has 3 N–H and O–H groups in total. The number of hydrogen-bond acceptors (Lipinski definition) is 5. The number of hydrogen-bond donors (Lipinski definition) is 3.